The van der Waals surface area contributed by atoms with Gasteiger partial charge in [-0.2, -0.15) is 18.2 Å². The number of nitrogens with zero attached hydrogens (tertiary/aromatic N) is 4. The van der Waals surface area contributed by atoms with E-state index in [1.807, 2.05) is 0 Å². The Bertz CT molecular complexity index is 1340. The number of hydrogen-bond donors (Lipinski definition) is 2. The van der Waals surface area contributed by atoms with Gasteiger partial charge in [0.15, 0.2) is 5.65 Å². The first-order valence-corrected chi connectivity index (χ1v) is 9.65. The third-order valence-electron chi connectivity index (χ3n) is 4.53. The number of rotatable bonds is 5. The van der Waals surface area contributed by atoms with Gasteiger partial charge in [-0.3, -0.25) is 4.79 Å². The van der Waals surface area contributed by atoms with Crippen LogP contribution in [0.4, 0.5) is 13.2 Å². The molecule has 0 aliphatic heterocycles. The number of pyridine rings is 1. The molecule has 1 unspecified atom stereocenters. The molecule has 0 radical (unpaired) electrons. The highest BCUT2D eigenvalue weighted by Gasteiger charge is 2.32. The van der Waals surface area contributed by atoms with E-state index in [0.29, 0.717) is 11.1 Å². The second kappa shape index (κ2) is 8.08. The fraction of sp³-hybridized carbons (Fsp3) is 0.158. The molecule has 3 heterocycles. The number of carbonyl (C=O) groups is 1. The molecular formula is C19H12Cl2F3N5O3. The summed E-state index contributed by atoms with van der Waals surface area (Å²) in [6.45, 7) is 0. The van der Waals surface area contributed by atoms with Crippen LogP contribution in [0.2, 0.25) is 10.0 Å². The number of nitrogens with two attached hydrogens (primary N) is 1. The van der Waals surface area contributed by atoms with Gasteiger partial charge in [0.2, 0.25) is 5.82 Å². The maximum absolute atomic E-state index is 13.0. The van der Waals surface area contributed by atoms with Crippen molar-refractivity contribution in [2.75, 3.05) is 0 Å². The van der Waals surface area contributed by atoms with E-state index in [0.717, 1.165) is 16.7 Å². The summed E-state index contributed by atoms with van der Waals surface area (Å²) in [7, 11) is 0. The fourth-order valence-electron chi connectivity index (χ4n) is 2.96. The Morgan fingerprint density at radius 3 is 2.59 bits per heavy atom. The first kappa shape index (κ1) is 22.1. The van der Waals surface area contributed by atoms with Gasteiger partial charge in [-0.25, -0.2) is 4.98 Å². The van der Waals surface area contributed by atoms with Crippen molar-refractivity contribution in [2.24, 2.45) is 5.73 Å². The van der Waals surface area contributed by atoms with Gasteiger partial charge in [-0.15, -0.1) is 0 Å². The lowest BCUT2D eigenvalue weighted by Gasteiger charge is -2.08. The van der Waals surface area contributed by atoms with Crippen LogP contribution in [0, 0.1) is 0 Å². The van der Waals surface area contributed by atoms with E-state index in [-0.39, 0.29) is 39.5 Å². The van der Waals surface area contributed by atoms with Crippen LogP contribution >= 0.6 is 23.2 Å². The number of aromatic nitrogens is 4. The minimum atomic E-state index is -4.57. The summed E-state index contributed by atoms with van der Waals surface area (Å²) in [6.07, 6.45) is -2.36. The molecule has 1 aromatic carbocycles. The summed E-state index contributed by atoms with van der Waals surface area (Å²) in [5, 5.41) is 12.8. The molecule has 4 aromatic rings. The zero-order valence-electron chi connectivity index (χ0n) is 15.8. The summed E-state index contributed by atoms with van der Waals surface area (Å²) < 4.78 is 45.3. The Balaban J connectivity index is 1.65. The molecule has 0 bridgehead atoms. The van der Waals surface area contributed by atoms with E-state index in [1.54, 1.807) is 18.2 Å². The fourth-order valence-corrected chi connectivity index (χ4v) is 3.51. The van der Waals surface area contributed by atoms with Gasteiger partial charge in [-0.05, 0) is 30.2 Å². The van der Waals surface area contributed by atoms with E-state index >= 15 is 0 Å². The average Bonchev–Trinajstić information content (AvgIpc) is 3.34. The van der Waals surface area contributed by atoms with Crippen molar-refractivity contribution in [3.8, 4) is 23.0 Å². The minimum Gasteiger partial charge on any atom is -0.480 e. The van der Waals surface area contributed by atoms with Crippen LogP contribution in [-0.4, -0.2) is 36.6 Å². The first-order chi connectivity index (χ1) is 15.0. The molecule has 0 saturated carbocycles. The molecule has 0 amide bonds. The molecule has 32 heavy (non-hydrogen) atoms. The Hall–Kier alpha value is -3.15. The third kappa shape index (κ3) is 4.27. The average molecular weight is 486 g/mol. The van der Waals surface area contributed by atoms with Crippen LogP contribution in [0.5, 0.6) is 0 Å². The number of carboxylic acid groups (broad SMARTS) is 1. The molecule has 0 fully saturated rings. The highest BCUT2D eigenvalue weighted by atomic mass is 35.5. The van der Waals surface area contributed by atoms with Gasteiger partial charge < -0.3 is 19.8 Å². The second-order valence-corrected chi connectivity index (χ2v) is 7.63. The topological polar surface area (TPSA) is 120 Å². The van der Waals surface area contributed by atoms with Crippen molar-refractivity contribution in [2.45, 2.75) is 18.6 Å². The molecule has 13 heteroatoms. The number of alkyl halides is 3. The predicted octanol–water partition coefficient (Wildman–Crippen LogP) is 4.33. The van der Waals surface area contributed by atoms with Crippen LogP contribution in [-0.2, 0) is 17.4 Å². The van der Waals surface area contributed by atoms with E-state index in [4.69, 9.17) is 38.6 Å². The Kier molecular flexibility index (Phi) is 5.57. The Morgan fingerprint density at radius 1 is 1.19 bits per heavy atom. The van der Waals surface area contributed by atoms with Gasteiger partial charge in [-0.1, -0.05) is 34.4 Å². The molecule has 0 saturated heterocycles. The van der Waals surface area contributed by atoms with Crippen molar-refractivity contribution >= 4 is 34.8 Å². The number of aliphatic carboxylic acids is 1. The van der Waals surface area contributed by atoms with Crippen LogP contribution in [0.1, 0.15) is 11.1 Å². The molecule has 4 rings (SSSR count). The van der Waals surface area contributed by atoms with Gasteiger partial charge in [0.25, 0.3) is 5.89 Å². The number of hydrogen-bond acceptors (Lipinski definition) is 6. The highest BCUT2D eigenvalue weighted by Crippen LogP contribution is 2.34. The maximum atomic E-state index is 13.0. The summed E-state index contributed by atoms with van der Waals surface area (Å²) in [5.41, 5.74) is 5.81. The lowest BCUT2D eigenvalue weighted by molar-refractivity contribution is -0.139. The van der Waals surface area contributed by atoms with E-state index in [9.17, 15) is 18.0 Å². The normalized spacial score (nSPS) is 12.9. The van der Waals surface area contributed by atoms with Gasteiger partial charge in [0, 0.05) is 18.0 Å². The van der Waals surface area contributed by atoms with Crippen molar-refractivity contribution < 1.29 is 27.6 Å². The third-order valence-corrected chi connectivity index (χ3v) is 5.12. The van der Waals surface area contributed by atoms with E-state index in [2.05, 4.69) is 15.1 Å². The Morgan fingerprint density at radius 2 is 1.94 bits per heavy atom. The molecule has 166 valence electrons. The number of imidazole rings is 1. The van der Waals surface area contributed by atoms with Gasteiger partial charge in [0.05, 0.1) is 15.6 Å². The van der Waals surface area contributed by atoms with Crippen molar-refractivity contribution in [1.29, 1.82) is 0 Å². The summed E-state index contributed by atoms with van der Waals surface area (Å²) in [4.78, 5) is 19.3. The largest absolute Gasteiger partial charge is 0.480 e. The predicted molar refractivity (Wildman–Crippen MR) is 108 cm³/mol. The van der Waals surface area contributed by atoms with Crippen molar-refractivity contribution in [1.82, 2.24) is 19.5 Å². The standard InChI is InChI=1S/C19H12Cl2F3N5O3/c20-11-3-8(4-13(25)18(30)31)1-2-10(11)15-27-17(32-28-15)14-7-29-6-9(19(22,23)24)5-12(21)16(29)26-14/h1-3,5-7,13H,4,25H2,(H,30,31). The smallest absolute Gasteiger partial charge is 0.417 e. The molecule has 3 N–H and O–H groups in total. The number of halogens is 5. The van der Waals surface area contributed by atoms with Crippen LogP contribution in [0.25, 0.3) is 28.6 Å². The first-order valence-electron chi connectivity index (χ1n) is 8.89. The summed E-state index contributed by atoms with van der Waals surface area (Å²) in [6, 6.07) is 4.46. The Labute approximate surface area is 187 Å². The molecule has 0 spiro atoms. The minimum absolute atomic E-state index is 0.0543. The highest BCUT2D eigenvalue weighted by molar-refractivity contribution is 6.33. The van der Waals surface area contributed by atoms with Gasteiger partial charge >= 0.3 is 12.1 Å². The van der Waals surface area contributed by atoms with Crippen molar-refractivity contribution in [3.05, 3.63) is 57.8 Å². The van der Waals surface area contributed by atoms with E-state index < -0.39 is 23.8 Å². The second-order valence-electron chi connectivity index (χ2n) is 6.82. The lowest BCUT2D eigenvalue weighted by Crippen LogP contribution is -2.32. The van der Waals surface area contributed by atoms with Crippen LogP contribution < -0.4 is 5.73 Å². The SMILES string of the molecule is NC(Cc1ccc(-c2noc(-c3cn4cc(C(F)(F)F)cc(Cl)c4n3)n2)c(Cl)c1)C(=O)O. The molecule has 8 nitrogen and oxygen atoms in total. The zero-order valence-corrected chi connectivity index (χ0v) is 17.3. The lowest BCUT2D eigenvalue weighted by atomic mass is 10.0. The van der Waals surface area contributed by atoms with Gasteiger partial charge in [0.1, 0.15) is 11.7 Å². The molecule has 0 aliphatic rings. The van der Waals surface area contributed by atoms with Crippen LogP contribution in [0.15, 0.2) is 41.2 Å². The monoisotopic (exact) mass is 485 g/mol. The molecule has 3 aromatic heterocycles. The maximum Gasteiger partial charge on any atom is 0.417 e. The van der Waals surface area contributed by atoms with E-state index in [1.165, 1.54) is 6.20 Å². The quantitative estimate of drug-likeness (QED) is 0.431. The van der Waals surface area contributed by atoms with Crippen molar-refractivity contribution in [3.63, 3.8) is 0 Å². The molecule has 1 atom stereocenters. The zero-order chi connectivity index (χ0) is 23.2. The number of carboxylic acids is 1. The van der Waals surface area contributed by atoms with Crippen LogP contribution in [0.3, 0.4) is 0 Å². The number of benzene rings is 1. The molecule has 0 aliphatic carbocycles. The molecular weight excluding hydrogens is 474 g/mol. The summed E-state index contributed by atoms with van der Waals surface area (Å²) >= 11 is 12.2. The summed E-state index contributed by atoms with van der Waals surface area (Å²) in [5.74, 6) is -1.08. The number of fused-ring (bicyclic) bond motifs is 1.